The monoisotopic (exact) mass is 572 g/mol. The number of anilines is 1. The van der Waals surface area contributed by atoms with E-state index in [9.17, 15) is 30.8 Å². The van der Waals surface area contributed by atoms with Crippen LogP contribution in [0.25, 0.3) is 10.9 Å². The van der Waals surface area contributed by atoms with Crippen LogP contribution in [-0.4, -0.2) is 61.5 Å². The van der Waals surface area contributed by atoms with Crippen molar-refractivity contribution in [1.82, 2.24) is 14.8 Å². The lowest BCUT2D eigenvalue weighted by molar-refractivity contribution is -0.189. The number of amides is 1. The van der Waals surface area contributed by atoms with Crippen LogP contribution in [0.3, 0.4) is 0 Å². The third kappa shape index (κ3) is 5.77. The van der Waals surface area contributed by atoms with E-state index >= 15 is 0 Å². The van der Waals surface area contributed by atoms with Crippen molar-refractivity contribution in [2.24, 2.45) is 0 Å². The maximum absolute atomic E-state index is 13.9. The molecule has 0 saturated carbocycles. The highest BCUT2D eigenvalue weighted by Crippen LogP contribution is 2.38. The Labute approximate surface area is 228 Å². The lowest BCUT2D eigenvalue weighted by Gasteiger charge is -2.40. The van der Waals surface area contributed by atoms with Gasteiger partial charge in [0, 0.05) is 49.0 Å². The second kappa shape index (κ2) is 10.9. The van der Waals surface area contributed by atoms with Gasteiger partial charge in [-0.15, -0.1) is 0 Å². The molecule has 1 unspecified atom stereocenters. The Morgan fingerprint density at radius 3 is 2.17 bits per heavy atom. The summed E-state index contributed by atoms with van der Waals surface area (Å²) in [6.45, 7) is 0.0820. The fourth-order valence-corrected chi connectivity index (χ4v) is 6.04. The zero-order valence-corrected chi connectivity index (χ0v) is 21.8. The van der Waals surface area contributed by atoms with Gasteiger partial charge in [0.1, 0.15) is 16.8 Å². The lowest BCUT2D eigenvalue weighted by atomic mass is 10.0. The van der Waals surface area contributed by atoms with E-state index < -0.39 is 28.1 Å². The summed E-state index contributed by atoms with van der Waals surface area (Å²) in [4.78, 5) is 19.9. The van der Waals surface area contributed by atoms with Gasteiger partial charge in [-0.2, -0.15) is 13.2 Å². The van der Waals surface area contributed by atoms with Crippen LogP contribution in [0.1, 0.15) is 22.0 Å². The highest BCUT2D eigenvalue weighted by Gasteiger charge is 2.45. The standard InChI is InChI=1S/C28H24F4N4O3S/c29-22-10-6-20(7-11-22)26(28(30,31)32)35-15-17-36(18-16-35)27(37)21-8-12-23(13-9-21)34-40(38,39)24-5-1-3-19-4-2-14-33-25(19)24/h1-14,26,34H,15-18H2. The van der Waals surface area contributed by atoms with E-state index in [0.29, 0.717) is 10.9 Å². The molecule has 12 heteroatoms. The van der Waals surface area contributed by atoms with Gasteiger partial charge in [-0.1, -0.05) is 30.3 Å². The van der Waals surface area contributed by atoms with Crippen molar-refractivity contribution in [1.29, 1.82) is 0 Å². The molecular weight excluding hydrogens is 548 g/mol. The summed E-state index contributed by atoms with van der Waals surface area (Å²) in [6.07, 6.45) is -3.07. The molecule has 1 atom stereocenters. The van der Waals surface area contributed by atoms with Crippen LogP contribution in [0.4, 0.5) is 23.2 Å². The molecule has 1 aliphatic rings. The van der Waals surface area contributed by atoms with E-state index in [4.69, 9.17) is 0 Å². The smallest absolute Gasteiger partial charge is 0.336 e. The normalized spacial score (nSPS) is 15.7. The molecule has 40 heavy (non-hydrogen) atoms. The van der Waals surface area contributed by atoms with Crippen LogP contribution >= 0.6 is 0 Å². The molecule has 0 radical (unpaired) electrons. The first-order valence-electron chi connectivity index (χ1n) is 12.3. The molecule has 1 aliphatic heterocycles. The lowest BCUT2D eigenvalue weighted by Crippen LogP contribution is -2.52. The molecule has 1 fully saturated rings. The van der Waals surface area contributed by atoms with Crippen molar-refractivity contribution in [3.8, 4) is 0 Å². The fourth-order valence-electron chi connectivity index (χ4n) is 4.80. The zero-order chi connectivity index (χ0) is 28.5. The van der Waals surface area contributed by atoms with E-state index in [-0.39, 0.29) is 53.8 Å². The summed E-state index contributed by atoms with van der Waals surface area (Å²) in [7, 11) is -3.97. The minimum absolute atomic E-state index is 0.0152. The van der Waals surface area contributed by atoms with Crippen molar-refractivity contribution in [2.45, 2.75) is 17.1 Å². The first kappa shape index (κ1) is 27.5. The second-order valence-corrected chi connectivity index (χ2v) is 11.0. The number of rotatable bonds is 6. The summed E-state index contributed by atoms with van der Waals surface area (Å²) in [5.41, 5.74) is 0.775. The summed E-state index contributed by atoms with van der Waals surface area (Å²) in [6, 6.07) is 16.5. The molecule has 0 aliphatic carbocycles. The molecule has 2 heterocycles. The molecule has 7 nitrogen and oxygen atoms in total. The average Bonchev–Trinajstić information content (AvgIpc) is 2.93. The van der Waals surface area contributed by atoms with Gasteiger partial charge in [-0.3, -0.25) is 19.4 Å². The number of pyridine rings is 1. The molecule has 0 spiro atoms. The topological polar surface area (TPSA) is 82.6 Å². The minimum atomic E-state index is -4.57. The molecule has 0 bridgehead atoms. The number of aromatic nitrogens is 1. The van der Waals surface area contributed by atoms with Gasteiger partial charge in [-0.25, -0.2) is 12.8 Å². The highest BCUT2D eigenvalue weighted by atomic mass is 32.2. The number of nitrogens with one attached hydrogen (secondary N) is 1. The number of carbonyl (C=O) groups excluding carboxylic acids is 1. The van der Waals surface area contributed by atoms with Crippen molar-refractivity contribution in [3.63, 3.8) is 0 Å². The van der Waals surface area contributed by atoms with Crippen LogP contribution < -0.4 is 4.72 Å². The molecule has 4 aromatic rings. The van der Waals surface area contributed by atoms with E-state index in [1.54, 1.807) is 24.3 Å². The van der Waals surface area contributed by atoms with Crippen molar-refractivity contribution < 1.29 is 30.8 Å². The molecular formula is C28H24F4N4O3S. The third-order valence-corrected chi connectivity index (χ3v) is 8.14. The van der Waals surface area contributed by atoms with Crippen molar-refractivity contribution in [3.05, 3.63) is 102 Å². The van der Waals surface area contributed by atoms with Gasteiger partial charge >= 0.3 is 6.18 Å². The number of sulfonamides is 1. The number of nitrogens with zero attached hydrogens (tertiary/aromatic N) is 3. The number of para-hydroxylation sites is 1. The largest absolute Gasteiger partial charge is 0.408 e. The van der Waals surface area contributed by atoms with Gasteiger partial charge < -0.3 is 4.90 Å². The van der Waals surface area contributed by atoms with E-state index in [2.05, 4.69) is 9.71 Å². The minimum Gasteiger partial charge on any atom is -0.336 e. The molecule has 5 rings (SSSR count). The molecule has 1 amide bonds. The third-order valence-electron chi connectivity index (χ3n) is 6.73. The summed E-state index contributed by atoms with van der Waals surface area (Å²) in [5.74, 6) is -0.998. The number of alkyl halides is 3. The summed E-state index contributed by atoms with van der Waals surface area (Å²) >= 11 is 0. The Balaban J connectivity index is 1.25. The quantitative estimate of drug-likeness (QED) is 0.320. The Hall–Kier alpha value is -4.03. The van der Waals surface area contributed by atoms with E-state index in [1.165, 1.54) is 46.3 Å². The van der Waals surface area contributed by atoms with Crippen LogP contribution in [0, 0.1) is 5.82 Å². The van der Waals surface area contributed by atoms with Gasteiger partial charge in [-0.05, 0) is 54.1 Å². The SMILES string of the molecule is O=C(c1ccc(NS(=O)(=O)c2cccc3cccnc23)cc1)N1CCN(C(c2ccc(F)cc2)C(F)(F)F)CC1. The number of halogens is 4. The van der Waals surface area contributed by atoms with Gasteiger partial charge in [0.15, 0.2) is 0 Å². The summed E-state index contributed by atoms with van der Waals surface area (Å²) < 4.78 is 83.5. The van der Waals surface area contributed by atoms with Crippen molar-refractivity contribution in [2.75, 3.05) is 30.9 Å². The Morgan fingerprint density at radius 2 is 1.52 bits per heavy atom. The number of hydrogen-bond acceptors (Lipinski definition) is 5. The number of carbonyl (C=O) groups is 1. The van der Waals surface area contributed by atoms with E-state index in [1.807, 2.05) is 0 Å². The molecule has 3 aromatic carbocycles. The number of hydrogen-bond donors (Lipinski definition) is 1. The highest BCUT2D eigenvalue weighted by molar-refractivity contribution is 7.93. The van der Waals surface area contributed by atoms with Crippen LogP contribution in [0.2, 0.25) is 0 Å². The van der Waals surface area contributed by atoms with Crippen molar-refractivity contribution >= 4 is 32.5 Å². The first-order valence-corrected chi connectivity index (χ1v) is 13.8. The summed E-state index contributed by atoms with van der Waals surface area (Å²) in [5, 5.41) is 0.672. The van der Waals surface area contributed by atoms with Gasteiger partial charge in [0.2, 0.25) is 0 Å². The predicted molar refractivity (Wildman–Crippen MR) is 142 cm³/mol. The fraction of sp³-hybridized carbons (Fsp3) is 0.214. The second-order valence-electron chi connectivity index (χ2n) is 9.34. The van der Waals surface area contributed by atoms with Crippen LogP contribution in [0.5, 0.6) is 0 Å². The number of benzene rings is 3. The Morgan fingerprint density at radius 1 is 0.875 bits per heavy atom. The first-order chi connectivity index (χ1) is 19.0. The van der Waals surface area contributed by atoms with Gasteiger partial charge in [0.25, 0.3) is 15.9 Å². The average molecular weight is 573 g/mol. The predicted octanol–water partition coefficient (Wildman–Crippen LogP) is 5.24. The van der Waals surface area contributed by atoms with Crippen LogP contribution in [-0.2, 0) is 10.0 Å². The maximum atomic E-state index is 13.9. The number of piperazine rings is 1. The molecule has 1 saturated heterocycles. The Kier molecular flexibility index (Phi) is 7.47. The van der Waals surface area contributed by atoms with E-state index in [0.717, 1.165) is 24.3 Å². The molecule has 1 N–H and O–H groups in total. The van der Waals surface area contributed by atoms with Crippen LogP contribution in [0.15, 0.2) is 90.0 Å². The maximum Gasteiger partial charge on any atom is 0.408 e. The number of fused-ring (bicyclic) bond motifs is 1. The zero-order valence-electron chi connectivity index (χ0n) is 21.0. The van der Waals surface area contributed by atoms with Gasteiger partial charge in [0.05, 0.1) is 5.52 Å². The Bertz CT molecular complexity index is 1620. The molecule has 208 valence electrons. The molecule has 1 aromatic heterocycles.